The maximum Gasteiger partial charge on any atom is 0.163 e. The van der Waals surface area contributed by atoms with Gasteiger partial charge >= 0.3 is 0 Å². The summed E-state index contributed by atoms with van der Waals surface area (Å²) < 4.78 is 82.3. The molecule has 16 rings (SSSR count). The summed E-state index contributed by atoms with van der Waals surface area (Å²) in [5.74, 6) is 2.04. The molecule has 0 spiro atoms. The maximum atomic E-state index is 9.19. The van der Waals surface area contributed by atoms with Crippen LogP contribution in [0.25, 0.3) is 0 Å². The second kappa shape index (κ2) is 65.7. The lowest BCUT2D eigenvalue weighted by atomic mass is 10.0. The molecule has 94 heavy (non-hydrogen) atoms. The summed E-state index contributed by atoms with van der Waals surface area (Å²) in [7, 11) is 0. The molecular weight excluding hydrogens is 1470 g/mol. The van der Waals surface area contributed by atoms with Crippen molar-refractivity contribution in [2.75, 3.05) is 106 Å². The van der Waals surface area contributed by atoms with Crippen molar-refractivity contribution in [2.45, 2.75) is 225 Å². The Kier molecular flexibility index (Phi) is 90.9. The van der Waals surface area contributed by atoms with E-state index in [1.54, 1.807) is 0 Å². The highest BCUT2D eigenvalue weighted by Gasteiger charge is 2.46. The molecule has 0 aliphatic carbocycles. The molecule has 16 aliphatic rings. The molecule has 0 saturated carbocycles. The molecule has 592 valence electrons. The number of hydrogen-bond acceptors (Lipinski definition) is 24. The topological polar surface area (TPSA) is 310 Å². The summed E-state index contributed by atoms with van der Waals surface area (Å²) in [6, 6.07) is 0. The Bertz CT molecular complexity index is 1310. The predicted octanol–water partition coefficient (Wildman–Crippen LogP) is 5.64. The van der Waals surface area contributed by atoms with E-state index < -0.39 is 0 Å². The van der Waals surface area contributed by atoms with Gasteiger partial charge < -0.3 is 117 Å². The van der Waals surface area contributed by atoms with Crippen LogP contribution in [-0.2, 0) is 75.8 Å². The molecule has 0 radical (unpaired) electrons. The van der Waals surface area contributed by atoms with Gasteiger partial charge in [0.15, 0.2) is 50.3 Å². The predicted molar refractivity (Wildman–Crippen MR) is 430 cm³/mol. The SMILES string of the molecule is C.C.C.C.C.C.C.C.C.C.O[C@@H]1CO[C@@H]2OCC[C@@H]21.O[C@@H]1CO[C@@H]2OCC[C@@H]21.O[C@@H]1CO[C@H]2OCC[C@H]21.O[C@@H]1CO[C@H]2OCC[C@H]21.O[C@H]1CO[C@@H]2OCC[C@@H]21.O[C@H]1CO[C@@H]2OCC[C@@H]21.O[C@H]1CO[C@H]2OCC[C@H]21.O[C@H]1CO[C@H]2OCC[C@H]21.S.S.S.S.S.S.S.S.S.S.S.S. The van der Waals surface area contributed by atoms with Crippen LogP contribution in [0.5, 0.6) is 0 Å². The van der Waals surface area contributed by atoms with E-state index in [1.165, 1.54) is 0 Å². The first-order valence-electron chi connectivity index (χ1n) is 26.3. The minimum absolute atomic E-state index is 0. The molecule has 8 N–H and O–H groups in total. The van der Waals surface area contributed by atoms with Crippen LogP contribution in [-0.4, -0.2) is 246 Å². The largest absolute Gasteiger partial charge is 0.390 e. The number of aliphatic hydroxyl groups excluding tert-OH is 8. The van der Waals surface area contributed by atoms with E-state index in [-0.39, 0.29) is 383 Å². The lowest BCUT2D eigenvalue weighted by Gasteiger charge is -2.06. The average Bonchev–Trinajstić information content (AvgIpc) is 4.17. The highest BCUT2D eigenvalue weighted by molar-refractivity contribution is 7.60. The van der Waals surface area contributed by atoms with Gasteiger partial charge in [-0.05, 0) is 51.4 Å². The zero-order chi connectivity index (χ0) is 50.1. The van der Waals surface area contributed by atoms with Crippen molar-refractivity contribution in [3.05, 3.63) is 0 Å². The Hall–Kier alpha value is 3.24. The first-order chi connectivity index (χ1) is 35.0. The highest BCUT2D eigenvalue weighted by atomic mass is 32.1. The molecule has 16 fully saturated rings. The van der Waals surface area contributed by atoms with Crippen LogP contribution in [0.2, 0.25) is 0 Å². The third-order valence-electron chi connectivity index (χ3n) is 16.1. The van der Waals surface area contributed by atoms with E-state index in [1.807, 2.05) is 0 Å². The lowest BCUT2D eigenvalue weighted by molar-refractivity contribution is -0.0909. The Morgan fingerprint density at radius 1 is 0.149 bits per heavy atom. The Balaban J connectivity index is -0.0000000627. The van der Waals surface area contributed by atoms with Gasteiger partial charge in [0, 0.05) is 47.3 Å². The van der Waals surface area contributed by atoms with Crippen molar-refractivity contribution in [3.8, 4) is 0 Å². The molecule has 16 saturated heterocycles. The zero-order valence-electron chi connectivity index (χ0n) is 46.9. The van der Waals surface area contributed by atoms with Crippen molar-refractivity contribution in [2.24, 2.45) is 47.3 Å². The Morgan fingerprint density at radius 2 is 0.234 bits per heavy atom. The maximum absolute atomic E-state index is 9.19. The van der Waals surface area contributed by atoms with Gasteiger partial charge in [0.05, 0.1) is 155 Å². The van der Waals surface area contributed by atoms with Gasteiger partial charge in [-0.1, -0.05) is 74.3 Å². The van der Waals surface area contributed by atoms with Gasteiger partial charge in [0.2, 0.25) is 0 Å². The summed E-state index contributed by atoms with van der Waals surface area (Å²) in [6.07, 6.45) is 4.58. The number of rotatable bonds is 0. The van der Waals surface area contributed by atoms with Crippen LogP contribution in [0.1, 0.15) is 126 Å². The number of hydrogen-bond donors (Lipinski definition) is 8. The van der Waals surface area contributed by atoms with Crippen molar-refractivity contribution < 1.29 is 117 Å². The molecule has 0 aromatic heterocycles. The average molecular weight is 1610 g/mol. The van der Waals surface area contributed by atoms with Crippen LogP contribution < -0.4 is 0 Å². The smallest absolute Gasteiger partial charge is 0.163 e. The Labute approximate surface area is 651 Å². The highest BCUT2D eigenvalue weighted by Crippen LogP contribution is 2.36. The van der Waals surface area contributed by atoms with Gasteiger partial charge in [-0.2, -0.15) is 162 Å². The summed E-state index contributed by atoms with van der Waals surface area (Å²) in [6.45, 7) is 9.57. The van der Waals surface area contributed by atoms with Crippen LogP contribution in [0, 0.1) is 47.3 Å². The minimum atomic E-state index is -0.280. The molecule has 0 aromatic carbocycles. The fourth-order valence-corrected chi connectivity index (χ4v) is 11.5. The van der Waals surface area contributed by atoms with Crippen LogP contribution in [0.4, 0.5) is 0 Å². The van der Waals surface area contributed by atoms with Gasteiger partial charge in [-0.15, -0.1) is 0 Å². The quantitative estimate of drug-likeness (QED) is 0.146. The van der Waals surface area contributed by atoms with Gasteiger partial charge in [-0.25, -0.2) is 0 Å². The molecule has 16 aliphatic heterocycles. The first-order valence-corrected chi connectivity index (χ1v) is 26.3. The first kappa shape index (κ1) is 130. The zero-order valence-corrected chi connectivity index (χ0v) is 58.9. The van der Waals surface area contributed by atoms with Crippen molar-refractivity contribution >= 4 is 162 Å². The summed E-state index contributed by atoms with van der Waals surface area (Å²) in [4.78, 5) is 0. The van der Waals surface area contributed by atoms with Crippen molar-refractivity contribution in [1.82, 2.24) is 0 Å². The molecular formula is C58H144O24S12. The van der Waals surface area contributed by atoms with E-state index in [4.69, 9.17) is 75.8 Å². The second-order valence-corrected chi connectivity index (χ2v) is 20.7. The molecule has 0 aromatic rings. The van der Waals surface area contributed by atoms with E-state index >= 15 is 0 Å². The van der Waals surface area contributed by atoms with Crippen molar-refractivity contribution in [1.29, 1.82) is 0 Å². The third kappa shape index (κ3) is 35.1. The molecule has 24 nitrogen and oxygen atoms in total. The van der Waals surface area contributed by atoms with E-state index in [0.717, 1.165) is 104 Å². The molecule has 36 heteroatoms. The molecule has 16 heterocycles. The fourth-order valence-electron chi connectivity index (χ4n) is 11.5. The Morgan fingerprint density at radius 3 is 0.309 bits per heavy atom. The lowest BCUT2D eigenvalue weighted by Crippen LogP contribution is -2.18. The summed E-state index contributed by atoms with van der Waals surface area (Å²) in [5.41, 5.74) is 0. The van der Waals surface area contributed by atoms with Crippen LogP contribution >= 0.6 is 162 Å². The standard InChI is InChI=1S/8C6H10O3.10CH4.12H2S/c8*7-5-3-9-6-4(5)1-2-8-6;;;;;;;;;;;;;;;;;;;;;;/h8*4-7H,1-3H2;10*1H4;12*1H2/t4*4-,5+,6+;4*4-,5-,6+;;;;;;;;;;;;;;;;;;;;;;/m11001100....................../s1. The van der Waals surface area contributed by atoms with Crippen molar-refractivity contribution in [3.63, 3.8) is 0 Å². The third-order valence-corrected chi connectivity index (χ3v) is 16.1. The molecule has 0 unspecified atom stereocenters. The van der Waals surface area contributed by atoms with E-state index in [0.29, 0.717) is 52.9 Å². The van der Waals surface area contributed by atoms with Gasteiger partial charge in [0.25, 0.3) is 0 Å². The number of aliphatic hydroxyl groups is 8. The minimum Gasteiger partial charge on any atom is -0.390 e. The van der Waals surface area contributed by atoms with Gasteiger partial charge in [0.1, 0.15) is 0 Å². The summed E-state index contributed by atoms with van der Waals surface area (Å²) in [5, 5.41) is 73.6. The normalized spacial score (nSPS) is 38.0. The van der Waals surface area contributed by atoms with E-state index in [9.17, 15) is 40.9 Å². The van der Waals surface area contributed by atoms with Crippen LogP contribution in [0.3, 0.4) is 0 Å². The number of fused-ring (bicyclic) bond motifs is 8. The van der Waals surface area contributed by atoms with Gasteiger partial charge in [-0.3, -0.25) is 0 Å². The monoisotopic (exact) mass is 1610 g/mol. The molecule has 0 amide bonds. The van der Waals surface area contributed by atoms with Crippen LogP contribution in [0.15, 0.2) is 0 Å². The second-order valence-electron chi connectivity index (χ2n) is 20.7. The van der Waals surface area contributed by atoms with E-state index in [2.05, 4.69) is 0 Å². The number of ether oxygens (including phenoxy) is 16. The molecule has 0 bridgehead atoms. The molecule has 24 atom stereocenters. The summed E-state index contributed by atoms with van der Waals surface area (Å²) >= 11 is 0. The fraction of sp³-hybridized carbons (Fsp3) is 1.00.